The van der Waals surface area contributed by atoms with Gasteiger partial charge in [-0.15, -0.1) is 0 Å². The molecule has 0 aromatic heterocycles. The molecule has 0 saturated carbocycles. The largest absolute Gasteiger partial charge is 0.508 e. The lowest BCUT2D eigenvalue weighted by atomic mass is 9.98. The van der Waals surface area contributed by atoms with Crippen LogP contribution in [-0.2, 0) is 9.53 Å². The molecule has 19 heavy (non-hydrogen) atoms. The Labute approximate surface area is 116 Å². The predicted octanol–water partition coefficient (Wildman–Crippen LogP) is 1.36. The molecule has 0 saturated heterocycles. The Morgan fingerprint density at radius 2 is 2.32 bits per heavy atom. The van der Waals surface area contributed by atoms with Gasteiger partial charge in [0.25, 0.3) is 0 Å². The fourth-order valence-corrected chi connectivity index (χ4v) is 2.01. The maximum atomic E-state index is 11.9. The highest BCUT2D eigenvalue weighted by atomic mass is 32.1. The second-order valence-electron chi connectivity index (χ2n) is 3.97. The number of nitrogens with one attached hydrogen (secondary N) is 2. The lowest BCUT2D eigenvalue weighted by molar-refractivity contribution is -0.138. The van der Waals surface area contributed by atoms with E-state index >= 15 is 0 Å². The number of carbonyl (C=O) groups excluding carboxylic acids is 1. The Kier molecular flexibility index (Phi) is 4.01. The molecule has 0 amide bonds. The number of carbonyl (C=O) groups is 1. The van der Waals surface area contributed by atoms with E-state index in [1.165, 1.54) is 6.20 Å². The maximum absolute atomic E-state index is 11.9. The molecular weight excluding hydrogens is 264 g/mol. The van der Waals surface area contributed by atoms with Crippen LogP contribution < -0.4 is 10.6 Å². The van der Waals surface area contributed by atoms with Crippen LogP contribution in [0, 0.1) is 0 Å². The van der Waals surface area contributed by atoms with Gasteiger partial charge < -0.3 is 20.5 Å². The summed E-state index contributed by atoms with van der Waals surface area (Å²) in [6.45, 7) is 2.05. The predicted molar refractivity (Wildman–Crippen MR) is 74.4 cm³/mol. The number of phenolic OH excluding ortho intramolecular Hbond substituents is 1. The smallest absolute Gasteiger partial charge is 0.337 e. The molecule has 0 aliphatic carbocycles. The van der Waals surface area contributed by atoms with Crippen LogP contribution in [0.15, 0.2) is 36.0 Å². The van der Waals surface area contributed by atoms with Gasteiger partial charge in [0, 0.05) is 6.20 Å². The molecule has 1 aromatic rings. The van der Waals surface area contributed by atoms with Gasteiger partial charge in [0.1, 0.15) is 5.75 Å². The van der Waals surface area contributed by atoms with E-state index in [2.05, 4.69) is 10.6 Å². The summed E-state index contributed by atoms with van der Waals surface area (Å²) in [5.41, 5.74) is 1.16. The number of rotatable bonds is 3. The van der Waals surface area contributed by atoms with Crippen LogP contribution in [-0.4, -0.2) is 22.8 Å². The Morgan fingerprint density at radius 3 is 3.00 bits per heavy atom. The zero-order chi connectivity index (χ0) is 13.8. The molecule has 6 heteroatoms. The van der Waals surface area contributed by atoms with Crippen molar-refractivity contribution in [2.24, 2.45) is 0 Å². The van der Waals surface area contributed by atoms with Gasteiger partial charge in [0.15, 0.2) is 5.11 Å². The monoisotopic (exact) mass is 278 g/mol. The molecule has 100 valence electrons. The average Bonchev–Trinajstić information content (AvgIpc) is 2.39. The maximum Gasteiger partial charge on any atom is 0.337 e. The normalized spacial score (nSPS) is 18.1. The highest BCUT2D eigenvalue weighted by Crippen LogP contribution is 2.26. The van der Waals surface area contributed by atoms with E-state index in [0.717, 1.165) is 5.56 Å². The number of hydrogen-bond donors (Lipinski definition) is 3. The number of hydrogen-bond acceptors (Lipinski definition) is 4. The quantitative estimate of drug-likeness (QED) is 0.573. The third-order valence-corrected chi connectivity index (χ3v) is 2.90. The highest BCUT2D eigenvalue weighted by Gasteiger charge is 2.27. The Hall–Kier alpha value is -2.08. The van der Waals surface area contributed by atoms with E-state index < -0.39 is 12.0 Å². The minimum absolute atomic E-state index is 0.131. The Bertz CT molecular complexity index is 542. The summed E-state index contributed by atoms with van der Waals surface area (Å²) >= 11 is 5.04. The third-order valence-electron chi connectivity index (χ3n) is 2.66. The third kappa shape index (κ3) is 3.03. The van der Waals surface area contributed by atoms with Crippen molar-refractivity contribution in [3.63, 3.8) is 0 Å². The number of ether oxygens (including phenoxy) is 1. The second kappa shape index (κ2) is 5.71. The van der Waals surface area contributed by atoms with Gasteiger partial charge in [-0.25, -0.2) is 4.79 Å². The minimum Gasteiger partial charge on any atom is -0.508 e. The molecule has 1 heterocycles. The average molecular weight is 278 g/mol. The molecule has 1 atom stereocenters. The Balaban J connectivity index is 2.34. The van der Waals surface area contributed by atoms with Crippen LogP contribution in [0.3, 0.4) is 0 Å². The van der Waals surface area contributed by atoms with Crippen LogP contribution in [0.5, 0.6) is 5.75 Å². The SMILES string of the molecule is CCOC(=O)C1=CNC(=S)NC1c1cccc(O)c1. The summed E-state index contributed by atoms with van der Waals surface area (Å²) in [5, 5.41) is 15.7. The number of benzene rings is 1. The first-order valence-electron chi connectivity index (χ1n) is 5.85. The minimum atomic E-state index is -0.431. The van der Waals surface area contributed by atoms with Crippen LogP contribution in [0.1, 0.15) is 18.5 Å². The molecule has 0 spiro atoms. The molecule has 5 nitrogen and oxygen atoms in total. The summed E-state index contributed by atoms with van der Waals surface area (Å²) in [6, 6.07) is 6.23. The second-order valence-corrected chi connectivity index (χ2v) is 4.37. The lowest BCUT2D eigenvalue weighted by Crippen LogP contribution is -2.42. The van der Waals surface area contributed by atoms with E-state index in [0.29, 0.717) is 17.3 Å². The van der Waals surface area contributed by atoms with Crippen molar-refractivity contribution in [2.45, 2.75) is 13.0 Å². The number of aromatic hydroxyl groups is 1. The van der Waals surface area contributed by atoms with E-state index in [1.54, 1.807) is 31.2 Å². The summed E-state index contributed by atoms with van der Waals surface area (Å²) < 4.78 is 5.01. The van der Waals surface area contributed by atoms with Crippen molar-refractivity contribution in [3.05, 3.63) is 41.6 Å². The molecule has 1 aliphatic rings. The molecule has 3 N–H and O–H groups in total. The molecule has 0 radical (unpaired) electrons. The first kappa shape index (κ1) is 13.4. The van der Waals surface area contributed by atoms with E-state index in [1.807, 2.05) is 0 Å². The van der Waals surface area contributed by atoms with Crippen molar-refractivity contribution < 1.29 is 14.6 Å². The van der Waals surface area contributed by atoms with Gasteiger partial charge in [0.2, 0.25) is 0 Å². The number of phenols is 1. The molecule has 0 bridgehead atoms. The van der Waals surface area contributed by atoms with E-state index in [9.17, 15) is 9.90 Å². The van der Waals surface area contributed by atoms with Crippen LogP contribution in [0.2, 0.25) is 0 Å². The number of esters is 1. The summed E-state index contributed by atoms with van der Waals surface area (Å²) in [5.74, 6) is -0.287. The van der Waals surface area contributed by atoms with Crippen molar-refractivity contribution in [2.75, 3.05) is 6.61 Å². The van der Waals surface area contributed by atoms with Crippen molar-refractivity contribution in [3.8, 4) is 5.75 Å². The zero-order valence-corrected chi connectivity index (χ0v) is 11.2. The van der Waals surface area contributed by atoms with Crippen LogP contribution in [0.25, 0.3) is 0 Å². The summed E-state index contributed by atoms with van der Waals surface area (Å²) in [6.07, 6.45) is 1.53. The molecule has 1 unspecified atom stereocenters. The molecule has 2 rings (SSSR count). The fourth-order valence-electron chi connectivity index (χ4n) is 1.84. The van der Waals surface area contributed by atoms with Gasteiger partial charge in [-0.05, 0) is 36.8 Å². The molecular formula is C13H14N2O3S. The van der Waals surface area contributed by atoms with E-state index in [-0.39, 0.29) is 5.75 Å². The van der Waals surface area contributed by atoms with Gasteiger partial charge >= 0.3 is 5.97 Å². The van der Waals surface area contributed by atoms with Crippen molar-refractivity contribution in [1.82, 2.24) is 10.6 Å². The van der Waals surface area contributed by atoms with Crippen LogP contribution >= 0.6 is 12.2 Å². The van der Waals surface area contributed by atoms with Gasteiger partial charge in [-0.1, -0.05) is 12.1 Å². The van der Waals surface area contributed by atoms with Gasteiger partial charge in [-0.3, -0.25) is 0 Å². The zero-order valence-electron chi connectivity index (χ0n) is 10.3. The number of thiocarbonyl (C=S) groups is 1. The molecule has 1 aromatic carbocycles. The topological polar surface area (TPSA) is 70.6 Å². The van der Waals surface area contributed by atoms with Gasteiger partial charge in [-0.2, -0.15) is 0 Å². The standard InChI is InChI=1S/C13H14N2O3S/c1-2-18-12(17)10-7-14-13(19)15-11(10)8-4-3-5-9(16)6-8/h3-7,11,16H,2H2,1H3,(H2,14,15,19). The van der Waals surface area contributed by atoms with Crippen LogP contribution in [0.4, 0.5) is 0 Å². The summed E-state index contributed by atoms with van der Waals surface area (Å²) in [4.78, 5) is 11.9. The highest BCUT2D eigenvalue weighted by molar-refractivity contribution is 7.80. The van der Waals surface area contributed by atoms with E-state index in [4.69, 9.17) is 17.0 Å². The molecule has 1 aliphatic heterocycles. The lowest BCUT2D eigenvalue weighted by Gasteiger charge is -2.26. The summed E-state index contributed by atoms with van der Waals surface area (Å²) in [7, 11) is 0. The first-order chi connectivity index (χ1) is 9.11. The Morgan fingerprint density at radius 1 is 1.53 bits per heavy atom. The first-order valence-corrected chi connectivity index (χ1v) is 6.25. The molecule has 0 fully saturated rings. The fraction of sp³-hybridized carbons (Fsp3) is 0.231. The van der Waals surface area contributed by atoms with Crippen molar-refractivity contribution in [1.29, 1.82) is 0 Å². The van der Waals surface area contributed by atoms with Crippen molar-refractivity contribution >= 4 is 23.3 Å². The van der Waals surface area contributed by atoms with Gasteiger partial charge in [0.05, 0.1) is 18.2 Å².